The van der Waals surface area contributed by atoms with Crippen molar-refractivity contribution < 1.29 is 36.6 Å². The number of aromatic nitrogens is 4. The molecule has 1 atom stereocenters. The molecule has 0 aliphatic heterocycles. The topological polar surface area (TPSA) is 156 Å². The lowest BCUT2D eigenvalue weighted by molar-refractivity contribution is 0.0526. The summed E-state index contributed by atoms with van der Waals surface area (Å²) < 4.78 is 62.2. The molecule has 0 saturated carbocycles. The molecule has 0 fully saturated rings. The highest BCUT2D eigenvalue weighted by molar-refractivity contribution is 14.1. The van der Waals surface area contributed by atoms with E-state index in [1.807, 2.05) is 54.6 Å². The fourth-order valence-corrected chi connectivity index (χ4v) is 11.2. The number of amides is 1. The van der Waals surface area contributed by atoms with Gasteiger partial charge in [0, 0.05) is 40.0 Å². The third-order valence-electron chi connectivity index (χ3n) is 10.5. The van der Waals surface area contributed by atoms with Gasteiger partial charge in [-0.15, -0.1) is 22.0 Å². The molecule has 5 aromatic rings. The van der Waals surface area contributed by atoms with E-state index in [1.165, 1.54) is 20.9 Å². The Morgan fingerprint density at radius 3 is 1.79 bits per heavy atom. The van der Waals surface area contributed by atoms with Crippen LogP contribution in [-0.2, 0) is 38.8 Å². The largest absolute Gasteiger partial charge is 0.497 e. The first-order valence-corrected chi connectivity index (χ1v) is 26.7. The summed E-state index contributed by atoms with van der Waals surface area (Å²) in [6, 6.07) is 25.8. The van der Waals surface area contributed by atoms with Crippen LogP contribution in [0.5, 0.6) is 17.2 Å². The molecule has 0 aliphatic carbocycles. The Labute approximate surface area is 391 Å². The average molecular weight is 1030 g/mol. The van der Waals surface area contributed by atoms with Gasteiger partial charge in [-0.25, -0.2) is 13.2 Å². The number of hydrogen-bond acceptors (Lipinski definition) is 12. The van der Waals surface area contributed by atoms with Crippen LogP contribution in [0.15, 0.2) is 94.7 Å². The quantitative estimate of drug-likeness (QED) is 0.0476. The van der Waals surface area contributed by atoms with E-state index < -0.39 is 35.3 Å². The van der Waals surface area contributed by atoms with E-state index in [2.05, 4.69) is 72.1 Å². The molecule has 63 heavy (non-hydrogen) atoms. The van der Waals surface area contributed by atoms with Gasteiger partial charge in [0.05, 0.1) is 33.4 Å². The number of hydrogen-bond donors (Lipinski definition) is 1. The predicted octanol–water partition coefficient (Wildman–Crippen LogP) is 9.42. The number of carbonyl (C=O) groups is 1. The summed E-state index contributed by atoms with van der Waals surface area (Å²) in [5, 5.41) is 16.0. The number of tetrazole rings is 1. The lowest BCUT2D eigenvalue weighted by atomic mass is 10.2. The van der Waals surface area contributed by atoms with Crippen molar-refractivity contribution in [3.63, 3.8) is 0 Å². The number of halogens is 1. The van der Waals surface area contributed by atoms with Crippen molar-refractivity contribution in [3.05, 3.63) is 105 Å². The summed E-state index contributed by atoms with van der Waals surface area (Å²) in [5.41, 5.74) is 1.99. The highest BCUT2D eigenvalue weighted by Gasteiger charge is 2.39. The van der Waals surface area contributed by atoms with Crippen molar-refractivity contribution in [2.45, 2.75) is 100.0 Å². The van der Waals surface area contributed by atoms with Gasteiger partial charge < -0.3 is 28.7 Å². The smallest absolute Gasteiger partial charge is 0.407 e. The minimum Gasteiger partial charge on any atom is -0.497 e. The maximum Gasteiger partial charge on any atom is 0.407 e. The average Bonchev–Trinajstić information content (AvgIpc) is 3.69. The third kappa shape index (κ3) is 13.6. The molecule has 340 valence electrons. The second kappa shape index (κ2) is 21.2. The van der Waals surface area contributed by atoms with Crippen LogP contribution in [0.2, 0.25) is 18.1 Å². The fourth-order valence-electron chi connectivity index (χ4n) is 5.97. The molecule has 0 radical (unpaired) electrons. The Morgan fingerprint density at radius 2 is 1.32 bits per heavy atom. The van der Waals surface area contributed by atoms with Crippen molar-refractivity contribution in [3.8, 4) is 28.6 Å². The summed E-state index contributed by atoms with van der Waals surface area (Å²) in [6.45, 7) is 16.9. The maximum atomic E-state index is 15.8. The van der Waals surface area contributed by atoms with E-state index in [4.69, 9.17) is 28.5 Å². The molecule has 1 N–H and O–H groups in total. The SMILES string of the molecule is COc1ccc(CN(Cc2ccc(OC)cc2)S(=O)(=O)c2c(S[C@H](CNC(=O)OC(C)(C)C)CO[Si](C)(C)C(C)(C)C)ccc(I)c2-c2nnn(Cc3ccc(OC)cc3)n2)cc1. The maximum absolute atomic E-state index is 15.8. The van der Waals surface area contributed by atoms with Gasteiger partial charge in [0.2, 0.25) is 15.8 Å². The number of rotatable bonds is 19. The number of sulfonamides is 1. The van der Waals surface area contributed by atoms with Crippen molar-refractivity contribution in [1.29, 1.82) is 0 Å². The zero-order chi connectivity index (χ0) is 46.2. The van der Waals surface area contributed by atoms with Crippen LogP contribution in [0.4, 0.5) is 4.79 Å². The molecule has 0 spiro atoms. The molecule has 18 heteroatoms. The van der Waals surface area contributed by atoms with Gasteiger partial charge in [-0.1, -0.05) is 57.2 Å². The van der Waals surface area contributed by atoms with E-state index in [9.17, 15) is 4.79 Å². The second-order valence-corrected chi connectivity index (χ2v) is 26.6. The molecule has 4 aromatic carbocycles. The Morgan fingerprint density at radius 1 is 0.810 bits per heavy atom. The van der Waals surface area contributed by atoms with E-state index in [1.54, 1.807) is 72.4 Å². The molecule has 14 nitrogen and oxygen atoms in total. The number of alkyl carbamates (subject to hydrolysis) is 1. The van der Waals surface area contributed by atoms with Crippen molar-refractivity contribution in [2.75, 3.05) is 34.5 Å². The van der Waals surface area contributed by atoms with Gasteiger partial charge in [0.25, 0.3) is 0 Å². The number of benzene rings is 4. The Kier molecular flexibility index (Phi) is 16.7. The summed E-state index contributed by atoms with van der Waals surface area (Å²) >= 11 is 3.45. The summed E-state index contributed by atoms with van der Waals surface area (Å²) in [4.78, 5) is 14.9. The standard InChI is InChI=1S/C45H59IN6O8S2Si/c1-44(2,3)60-43(53)47-26-37(30-59-63(10,11)45(4,5)6)61-39-25-24-38(46)40(42-48-50-52(49-42)29-33-16-22-36(58-9)23-17-33)41(39)62(54,55)51(27-31-12-18-34(56-7)19-13-31)28-32-14-20-35(57-8)21-15-32/h12-25,37H,26-30H2,1-11H3,(H,47,53)/t37-/m1/s1. The van der Waals surface area contributed by atoms with Gasteiger partial charge in [0.15, 0.2) is 8.32 Å². The van der Waals surface area contributed by atoms with Gasteiger partial charge >= 0.3 is 6.09 Å². The number of methoxy groups -OCH3 is 3. The summed E-state index contributed by atoms with van der Waals surface area (Å²) in [6.07, 6.45) is -0.584. The Balaban J connectivity index is 1.67. The lowest BCUT2D eigenvalue weighted by Gasteiger charge is -2.37. The van der Waals surface area contributed by atoms with E-state index in [0.29, 0.717) is 31.3 Å². The first-order chi connectivity index (χ1) is 29.6. The number of thioether (sulfide) groups is 1. The third-order valence-corrected chi connectivity index (χ3v) is 19.1. The number of ether oxygens (including phenoxy) is 4. The monoisotopic (exact) mass is 1030 g/mol. The van der Waals surface area contributed by atoms with Crippen molar-refractivity contribution >= 4 is 58.8 Å². The predicted molar refractivity (Wildman–Crippen MR) is 258 cm³/mol. The zero-order valence-corrected chi connectivity index (χ0v) is 42.7. The molecule has 5 rings (SSSR count). The molecule has 1 amide bonds. The lowest BCUT2D eigenvalue weighted by Crippen LogP contribution is -2.44. The first-order valence-electron chi connectivity index (χ1n) is 20.4. The van der Waals surface area contributed by atoms with Gasteiger partial charge in [-0.05, 0) is 132 Å². The minimum absolute atomic E-state index is 0.0139. The number of carbonyl (C=O) groups excluding carboxylic acids is 1. The van der Waals surface area contributed by atoms with Crippen LogP contribution in [-0.4, -0.2) is 92.7 Å². The normalized spacial score (nSPS) is 12.8. The molecule has 1 heterocycles. The van der Waals surface area contributed by atoms with Gasteiger partial charge in [-0.3, -0.25) is 0 Å². The highest BCUT2D eigenvalue weighted by Crippen LogP contribution is 2.42. The summed E-state index contributed by atoms with van der Waals surface area (Å²) in [7, 11) is -1.93. The van der Waals surface area contributed by atoms with Crippen LogP contribution in [0.3, 0.4) is 0 Å². The van der Waals surface area contributed by atoms with E-state index in [-0.39, 0.29) is 48.5 Å². The number of nitrogens with zero attached hydrogens (tertiary/aromatic N) is 5. The molecule has 0 bridgehead atoms. The first kappa shape index (κ1) is 49.8. The van der Waals surface area contributed by atoms with Crippen molar-refractivity contribution in [1.82, 2.24) is 29.8 Å². The zero-order valence-electron chi connectivity index (χ0n) is 37.9. The highest BCUT2D eigenvalue weighted by atomic mass is 127. The minimum atomic E-state index is -4.42. The van der Waals surface area contributed by atoms with Crippen LogP contribution >= 0.6 is 34.4 Å². The molecule has 1 aromatic heterocycles. The fraction of sp³-hybridized carbons (Fsp3) is 0.422. The molecule has 0 saturated heterocycles. The number of nitrogens with one attached hydrogen (secondary N) is 1. The molecular weight excluding hydrogens is 972 g/mol. The molecule has 0 unspecified atom stereocenters. The van der Waals surface area contributed by atoms with E-state index >= 15 is 8.42 Å². The van der Waals surface area contributed by atoms with Crippen LogP contribution < -0.4 is 19.5 Å². The van der Waals surface area contributed by atoms with Gasteiger partial charge in [-0.2, -0.15) is 9.10 Å². The second-order valence-electron chi connectivity index (χ2n) is 17.4. The van der Waals surface area contributed by atoms with Crippen LogP contribution in [0.25, 0.3) is 11.4 Å². The van der Waals surface area contributed by atoms with Gasteiger partial charge in [0.1, 0.15) is 27.7 Å². The Bertz CT molecular complexity index is 2360. The molecule has 0 aliphatic rings. The van der Waals surface area contributed by atoms with Crippen LogP contribution in [0, 0.1) is 3.57 Å². The Hall–Kier alpha value is -4.21. The van der Waals surface area contributed by atoms with Crippen LogP contribution in [0.1, 0.15) is 58.2 Å². The molecular formula is C45H59IN6O8S2Si. The summed E-state index contributed by atoms with van der Waals surface area (Å²) in [5.74, 6) is 2.16. The van der Waals surface area contributed by atoms with Crippen molar-refractivity contribution in [2.24, 2.45) is 0 Å². The van der Waals surface area contributed by atoms with E-state index in [0.717, 1.165) is 16.7 Å².